The lowest BCUT2D eigenvalue weighted by Crippen LogP contribution is -2.44. The number of esters is 1. The number of hydrogen-bond acceptors (Lipinski definition) is 4. The third-order valence-corrected chi connectivity index (χ3v) is 5.42. The zero-order valence-electron chi connectivity index (χ0n) is 16.1. The third kappa shape index (κ3) is 4.76. The molecular formula is C23H29NO3. The molecule has 1 aliphatic heterocycles. The van der Waals surface area contributed by atoms with E-state index in [4.69, 9.17) is 4.74 Å². The Kier molecular flexibility index (Phi) is 6.64. The summed E-state index contributed by atoms with van der Waals surface area (Å²) in [5.74, 6) is 0.330. The van der Waals surface area contributed by atoms with Crippen molar-refractivity contribution in [3.63, 3.8) is 0 Å². The van der Waals surface area contributed by atoms with Crippen LogP contribution in [-0.2, 0) is 16.1 Å². The van der Waals surface area contributed by atoms with Crippen LogP contribution in [0.4, 0.5) is 0 Å². The Hall–Kier alpha value is -2.17. The van der Waals surface area contributed by atoms with Crippen molar-refractivity contribution in [2.45, 2.75) is 32.4 Å². The normalized spacial score (nSPS) is 21.3. The van der Waals surface area contributed by atoms with Crippen LogP contribution in [0.3, 0.4) is 0 Å². The predicted molar refractivity (Wildman–Crippen MR) is 106 cm³/mol. The number of likely N-dealkylation sites (tertiary alicyclic amines) is 1. The number of rotatable bonds is 7. The van der Waals surface area contributed by atoms with E-state index < -0.39 is 0 Å². The molecule has 0 radical (unpaired) electrons. The van der Waals surface area contributed by atoms with Gasteiger partial charge in [-0.3, -0.25) is 9.69 Å². The van der Waals surface area contributed by atoms with Crippen molar-refractivity contribution in [3.8, 4) is 0 Å². The van der Waals surface area contributed by atoms with Gasteiger partial charge in [0.1, 0.15) is 12.6 Å². The first-order valence-electron chi connectivity index (χ1n) is 9.70. The van der Waals surface area contributed by atoms with Crippen molar-refractivity contribution in [1.82, 2.24) is 4.90 Å². The van der Waals surface area contributed by atoms with Gasteiger partial charge in [-0.25, -0.2) is 0 Å². The Morgan fingerprint density at radius 2 is 1.70 bits per heavy atom. The van der Waals surface area contributed by atoms with Crippen LogP contribution < -0.4 is 0 Å². The lowest BCUT2D eigenvalue weighted by molar-refractivity contribution is -0.153. The maximum atomic E-state index is 12.9. The van der Waals surface area contributed by atoms with E-state index in [0.717, 1.165) is 12.1 Å². The first-order valence-corrected chi connectivity index (χ1v) is 9.70. The minimum Gasteiger partial charge on any atom is -0.460 e. The van der Waals surface area contributed by atoms with E-state index >= 15 is 0 Å². The van der Waals surface area contributed by atoms with Crippen LogP contribution >= 0.6 is 0 Å². The van der Waals surface area contributed by atoms with Crippen LogP contribution in [0.1, 0.15) is 30.9 Å². The predicted octanol–water partition coefficient (Wildman–Crippen LogP) is 3.46. The number of benzene rings is 2. The van der Waals surface area contributed by atoms with Gasteiger partial charge in [-0.15, -0.1) is 0 Å². The smallest absolute Gasteiger partial charge is 0.323 e. The van der Waals surface area contributed by atoms with Crippen molar-refractivity contribution in [1.29, 1.82) is 0 Å². The maximum absolute atomic E-state index is 12.9. The molecule has 0 bridgehead atoms. The molecule has 27 heavy (non-hydrogen) atoms. The lowest BCUT2D eigenvalue weighted by Gasteiger charge is -2.29. The highest BCUT2D eigenvalue weighted by Crippen LogP contribution is 2.34. The number of nitrogens with zero attached hydrogens (tertiary/aromatic N) is 1. The third-order valence-electron chi connectivity index (χ3n) is 5.42. The molecule has 3 atom stereocenters. The topological polar surface area (TPSA) is 49.8 Å². The van der Waals surface area contributed by atoms with Gasteiger partial charge in [0.05, 0.1) is 0 Å². The van der Waals surface area contributed by atoms with Crippen LogP contribution in [0.2, 0.25) is 0 Å². The first-order chi connectivity index (χ1) is 13.1. The van der Waals surface area contributed by atoms with Gasteiger partial charge in [0, 0.05) is 31.5 Å². The van der Waals surface area contributed by atoms with Gasteiger partial charge < -0.3 is 9.84 Å². The molecule has 3 rings (SSSR count). The fourth-order valence-corrected chi connectivity index (χ4v) is 4.05. The Morgan fingerprint density at radius 1 is 1.07 bits per heavy atom. The van der Waals surface area contributed by atoms with Gasteiger partial charge in [0.25, 0.3) is 0 Å². The van der Waals surface area contributed by atoms with E-state index in [0.29, 0.717) is 13.2 Å². The van der Waals surface area contributed by atoms with Crippen LogP contribution in [-0.4, -0.2) is 41.7 Å². The summed E-state index contributed by atoms with van der Waals surface area (Å²) in [6.07, 6.45) is 0. The van der Waals surface area contributed by atoms with E-state index in [1.165, 1.54) is 5.56 Å². The average molecular weight is 367 g/mol. The molecule has 1 saturated heterocycles. The SMILES string of the molecule is CC(C)[C@H](C(=O)OCc1ccccc1)N1C[C@H](CO)[C@@H](c2ccccc2)C1. The quantitative estimate of drug-likeness (QED) is 0.762. The molecule has 0 aromatic heterocycles. The second-order valence-electron chi connectivity index (χ2n) is 7.70. The summed E-state index contributed by atoms with van der Waals surface area (Å²) in [5, 5.41) is 9.88. The van der Waals surface area contributed by atoms with Gasteiger partial charge in [0.15, 0.2) is 0 Å². The molecule has 2 aromatic carbocycles. The van der Waals surface area contributed by atoms with Crippen LogP contribution in [0, 0.1) is 11.8 Å². The van der Waals surface area contributed by atoms with Gasteiger partial charge in [-0.1, -0.05) is 74.5 Å². The number of hydrogen-bond donors (Lipinski definition) is 1. The minimum absolute atomic E-state index is 0.125. The summed E-state index contributed by atoms with van der Waals surface area (Å²) in [5.41, 5.74) is 2.21. The van der Waals surface area contributed by atoms with Crippen molar-refractivity contribution >= 4 is 5.97 Å². The highest BCUT2D eigenvalue weighted by Gasteiger charge is 2.40. The van der Waals surface area contributed by atoms with E-state index in [9.17, 15) is 9.90 Å². The Morgan fingerprint density at radius 3 is 2.30 bits per heavy atom. The molecule has 0 amide bonds. The monoisotopic (exact) mass is 367 g/mol. The second-order valence-corrected chi connectivity index (χ2v) is 7.70. The van der Waals surface area contributed by atoms with E-state index in [1.807, 2.05) is 48.5 Å². The highest BCUT2D eigenvalue weighted by molar-refractivity contribution is 5.76. The standard InChI is InChI=1S/C23H29NO3/c1-17(2)22(23(26)27-16-18-9-5-3-6-10-18)24-13-20(15-25)21(14-24)19-11-7-4-8-12-19/h3-12,17,20-22,25H,13-16H2,1-2H3/t20-,21-,22-/m1/s1. The van der Waals surface area contributed by atoms with Gasteiger partial charge >= 0.3 is 5.97 Å². The summed E-state index contributed by atoms with van der Waals surface area (Å²) in [7, 11) is 0. The number of carbonyl (C=O) groups is 1. The molecule has 1 fully saturated rings. The molecule has 1 aliphatic rings. The zero-order chi connectivity index (χ0) is 19.2. The van der Waals surface area contributed by atoms with Gasteiger partial charge in [-0.05, 0) is 17.0 Å². The van der Waals surface area contributed by atoms with E-state index in [-0.39, 0.29) is 36.4 Å². The fourth-order valence-electron chi connectivity index (χ4n) is 4.05. The van der Waals surface area contributed by atoms with Crippen LogP contribution in [0.5, 0.6) is 0 Å². The van der Waals surface area contributed by atoms with Crippen LogP contribution in [0.25, 0.3) is 0 Å². The van der Waals surface area contributed by atoms with E-state index in [2.05, 4.69) is 30.9 Å². The minimum atomic E-state index is -0.295. The number of carbonyl (C=O) groups excluding carboxylic acids is 1. The van der Waals surface area contributed by atoms with Crippen molar-refractivity contribution in [2.75, 3.05) is 19.7 Å². The lowest BCUT2D eigenvalue weighted by atomic mass is 9.90. The first kappa shape index (κ1) is 19.6. The Labute approximate surface area is 161 Å². The highest BCUT2D eigenvalue weighted by atomic mass is 16.5. The second kappa shape index (κ2) is 9.16. The summed E-state index contributed by atoms with van der Waals surface area (Å²) < 4.78 is 5.63. The average Bonchev–Trinajstić information content (AvgIpc) is 3.11. The number of aliphatic hydroxyl groups excluding tert-OH is 1. The van der Waals surface area contributed by atoms with Crippen LogP contribution in [0.15, 0.2) is 60.7 Å². The number of aliphatic hydroxyl groups is 1. The molecule has 0 aliphatic carbocycles. The molecule has 1 N–H and O–H groups in total. The van der Waals surface area contributed by atoms with E-state index in [1.54, 1.807) is 0 Å². The molecular weight excluding hydrogens is 338 g/mol. The Balaban J connectivity index is 1.70. The molecule has 4 nitrogen and oxygen atoms in total. The fraction of sp³-hybridized carbons (Fsp3) is 0.435. The molecule has 0 spiro atoms. The summed E-state index contributed by atoms with van der Waals surface area (Å²) >= 11 is 0. The maximum Gasteiger partial charge on any atom is 0.323 e. The van der Waals surface area contributed by atoms with Gasteiger partial charge in [-0.2, -0.15) is 0 Å². The van der Waals surface area contributed by atoms with Gasteiger partial charge in [0.2, 0.25) is 0 Å². The molecule has 144 valence electrons. The summed E-state index contributed by atoms with van der Waals surface area (Å²) in [6, 6.07) is 19.7. The molecule has 2 aromatic rings. The van der Waals surface area contributed by atoms with Crippen molar-refractivity contribution in [2.24, 2.45) is 11.8 Å². The zero-order valence-corrected chi connectivity index (χ0v) is 16.1. The van der Waals surface area contributed by atoms with Crippen molar-refractivity contribution in [3.05, 3.63) is 71.8 Å². The Bertz CT molecular complexity index is 717. The molecule has 0 saturated carbocycles. The molecule has 4 heteroatoms. The molecule has 0 unspecified atom stereocenters. The number of ether oxygens (including phenoxy) is 1. The molecule has 1 heterocycles. The van der Waals surface area contributed by atoms with Crippen molar-refractivity contribution < 1.29 is 14.6 Å². The summed E-state index contributed by atoms with van der Waals surface area (Å²) in [4.78, 5) is 15.0. The largest absolute Gasteiger partial charge is 0.460 e. The summed E-state index contributed by atoms with van der Waals surface area (Å²) in [6.45, 7) is 6.00.